The van der Waals surface area contributed by atoms with E-state index in [1.54, 1.807) is 12.1 Å². The van der Waals surface area contributed by atoms with Crippen LogP contribution in [0.5, 0.6) is 0 Å². The summed E-state index contributed by atoms with van der Waals surface area (Å²) in [6.07, 6.45) is 0.788. The number of hydrogen-bond acceptors (Lipinski definition) is 2. The molecule has 2 rings (SSSR count). The number of benzene rings is 2. The molecule has 126 valence electrons. The Balaban J connectivity index is 2.00. The highest BCUT2D eigenvalue weighted by molar-refractivity contribution is 5.81. The van der Waals surface area contributed by atoms with E-state index < -0.39 is 5.97 Å². The lowest BCUT2D eigenvalue weighted by Crippen LogP contribution is -2.35. The fourth-order valence-corrected chi connectivity index (χ4v) is 2.37. The molecule has 0 aromatic heterocycles. The molecule has 0 saturated carbocycles. The number of aliphatic carboxylic acids is 1. The second kappa shape index (κ2) is 8.24. The van der Waals surface area contributed by atoms with Crippen LogP contribution in [0, 0.1) is 12.7 Å². The molecule has 0 aliphatic heterocycles. The lowest BCUT2D eigenvalue weighted by atomic mass is 10.1. The van der Waals surface area contributed by atoms with Crippen molar-refractivity contribution in [3.8, 4) is 0 Å². The number of hydrogen-bond donors (Lipinski definition) is 1. The first kappa shape index (κ1) is 17.7. The van der Waals surface area contributed by atoms with Crippen LogP contribution in [0.25, 0.3) is 0 Å². The topological polar surface area (TPSA) is 57.6 Å². The first-order valence-electron chi connectivity index (χ1n) is 7.73. The van der Waals surface area contributed by atoms with Gasteiger partial charge in [-0.25, -0.2) is 4.39 Å². The second-order valence-electron chi connectivity index (χ2n) is 5.76. The van der Waals surface area contributed by atoms with E-state index in [1.165, 1.54) is 17.0 Å². The Morgan fingerprint density at radius 2 is 1.58 bits per heavy atom. The average molecular weight is 329 g/mol. The van der Waals surface area contributed by atoms with E-state index in [1.807, 2.05) is 31.2 Å². The molecule has 2 aromatic rings. The van der Waals surface area contributed by atoms with Gasteiger partial charge in [0.15, 0.2) is 0 Å². The molecule has 0 radical (unpaired) electrons. The predicted molar refractivity (Wildman–Crippen MR) is 89.0 cm³/mol. The maximum atomic E-state index is 13.0. The van der Waals surface area contributed by atoms with Gasteiger partial charge in [-0.3, -0.25) is 9.59 Å². The molecule has 0 heterocycles. The number of aryl methyl sites for hydroxylation is 2. The van der Waals surface area contributed by atoms with Gasteiger partial charge >= 0.3 is 5.97 Å². The van der Waals surface area contributed by atoms with Crippen LogP contribution in [-0.4, -0.2) is 28.4 Å². The first-order valence-corrected chi connectivity index (χ1v) is 7.73. The maximum Gasteiger partial charge on any atom is 0.323 e. The third-order valence-corrected chi connectivity index (χ3v) is 3.71. The van der Waals surface area contributed by atoms with Crippen LogP contribution >= 0.6 is 0 Å². The number of rotatable bonds is 7. The Morgan fingerprint density at radius 3 is 2.17 bits per heavy atom. The molecule has 0 spiro atoms. The lowest BCUT2D eigenvalue weighted by Gasteiger charge is -2.21. The number of nitrogens with zero attached hydrogens (tertiary/aromatic N) is 1. The molecule has 0 aliphatic rings. The van der Waals surface area contributed by atoms with Crippen molar-refractivity contribution in [1.29, 1.82) is 0 Å². The van der Waals surface area contributed by atoms with Crippen molar-refractivity contribution < 1.29 is 19.1 Å². The molecular weight excluding hydrogens is 309 g/mol. The van der Waals surface area contributed by atoms with E-state index in [4.69, 9.17) is 5.11 Å². The van der Waals surface area contributed by atoms with Crippen LogP contribution in [0.3, 0.4) is 0 Å². The highest BCUT2D eigenvalue weighted by atomic mass is 19.1. The predicted octanol–water partition coefficient (Wildman–Crippen LogP) is 3.18. The van der Waals surface area contributed by atoms with Crippen molar-refractivity contribution in [2.45, 2.75) is 26.3 Å². The van der Waals surface area contributed by atoms with Crippen LogP contribution in [0.2, 0.25) is 0 Å². The molecule has 0 fully saturated rings. The number of carboxylic acid groups (broad SMARTS) is 1. The third-order valence-electron chi connectivity index (χ3n) is 3.71. The van der Waals surface area contributed by atoms with Gasteiger partial charge in [0, 0.05) is 13.0 Å². The van der Waals surface area contributed by atoms with E-state index in [0.717, 1.165) is 11.1 Å². The van der Waals surface area contributed by atoms with Gasteiger partial charge in [0.1, 0.15) is 12.4 Å². The van der Waals surface area contributed by atoms with Gasteiger partial charge in [0.25, 0.3) is 0 Å². The third kappa shape index (κ3) is 5.50. The first-order chi connectivity index (χ1) is 11.4. The Kier molecular flexibility index (Phi) is 6.07. The molecule has 5 heteroatoms. The molecule has 1 N–H and O–H groups in total. The summed E-state index contributed by atoms with van der Waals surface area (Å²) in [6, 6.07) is 13.6. The monoisotopic (exact) mass is 329 g/mol. The van der Waals surface area contributed by atoms with Gasteiger partial charge in [-0.05, 0) is 36.6 Å². The van der Waals surface area contributed by atoms with Gasteiger partial charge in [-0.2, -0.15) is 0 Å². The van der Waals surface area contributed by atoms with Gasteiger partial charge in [0.2, 0.25) is 5.91 Å². The number of amides is 1. The normalized spacial score (nSPS) is 10.4. The zero-order chi connectivity index (χ0) is 17.5. The fraction of sp³-hybridized carbons (Fsp3) is 0.263. The fourth-order valence-electron chi connectivity index (χ4n) is 2.37. The number of carbonyl (C=O) groups is 2. The van der Waals surface area contributed by atoms with Crippen molar-refractivity contribution in [3.63, 3.8) is 0 Å². The van der Waals surface area contributed by atoms with Crippen LogP contribution in [0.1, 0.15) is 23.1 Å². The van der Waals surface area contributed by atoms with E-state index in [2.05, 4.69) is 0 Å². The molecule has 0 saturated heterocycles. The minimum Gasteiger partial charge on any atom is -0.480 e. The van der Waals surface area contributed by atoms with E-state index >= 15 is 0 Å². The second-order valence-corrected chi connectivity index (χ2v) is 5.76. The Bertz CT molecular complexity index is 696. The minimum absolute atomic E-state index is 0.152. The van der Waals surface area contributed by atoms with Crippen molar-refractivity contribution in [2.24, 2.45) is 0 Å². The molecular formula is C19H20FNO3. The molecule has 0 atom stereocenters. The van der Waals surface area contributed by atoms with E-state index in [9.17, 15) is 14.0 Å². The van der Waals surface area contributed by atoms with Gasteiger partial charge in [-0.1, -0.05) is 42.0 Å². The summed E-state index contributed by atoms with van der Waals surface area (Å²) < 4.78 is 13.0. The Morgan fingerprint density at radius 1 is 1.00 bits per heavy atom. The number of carboxylic acids is 1. The van der Waals surface area contributed by atoms with Crippen molar-refractivity contribution in [1.82, 2.24) is 4.90 Å². The molecule has 0 aliphatic carbocycles. The Hall–Kier alpha value is -2.69. The van der Waals surface area contributed by atoms with Crippen LogP contribution < -0.4 is 0 Å². The zero-order valence-corrected chi connectivity index (χ0v) is 13.5. The molecule has 1 amide bonds. The summed E-state index contributed by atoms with van der Waals surface area (Å²) in [5.74, 6) is -1.67. The molecule has 24 heavy (non-hydrogen) atoms. The lowest BCUT2D eigenvalue weighted by molar-refractivity contribution is -0.144. The molecule has 2 aromatic carbocycles. The summed E-state index contributed by atoms with van der Waals surface area (Å²) in [4.78, 5) is 24.7. The van der Waals surface area contributed by atoms with Gasteiger partial charge in [-0.15, -0.1) is 0 Å². The summed E-state index contributed by atoms with van der Waals surface area (Å²) in [5.41, 5.74) is 2.88. The van der Waals surface area contributed by atoms with E-state index in [0.29, 0.717) is 12.0 Å². The quantitative estimate of drug-likeness (QED) is 0.849. The van der Waals surface area contributed by atoms with Crippen LogP contribution in [0.4, 0.5) is 4.39 Å². The summed E-state index contributed by atoms with van der Waals surface area (Å²) in [7, 11) is 0. The average Bonchev–Trinajstić information content (AvgIpc) is 2.55. The summed E-state index contributed by atoms with van der Waals surface area (Å²) in [6.45, 7) is 1.77. The van der Waals surface area contributed by atoms with Gasteiger partial charge in [0.05, 0.1) is 0 Å². The Labute approximate surface area is 140 Å². The van der Waals surface area contributed by atoms with Crippen molar-refractivity contribution >= 4 is 11.9 Å². The van der Waals surface area contributed by atoms with Gasteiger partial charge < -0.3 is 10.0 Å². The van der Waals surface area contributed by atoms with E-state index in [-0.39, 0.29) is 31.2 Å². The molecule has 0 bridgehead atoms. The number of carbonyl (C=O) groups excluding carboxylic acids is 1. The summed E-state index contributed by atoms with van der Waals surface area (Å²) in [5, 5.41) is 9.02. The number of halogens is 1. The van der Waals surface area contributed by atoms with Crippen LogP contribution in [0.15, 0.2) is 48.5 Å². The molecule has 4 nitrogen and oxygen atoms in total. The highest BCUT2D eigenvalue weighted by Gasteiger charge is 2.17. The maximum absolute atomic E-state index is 13.0. The zero-order valence-electron chi connectivity index (χ0n) is 13.5. The minimum atomic E-state index is -1.07. The SMILES string of the molecule is Cc1ccc(CCC(=O)N(CC(=O)O)Cc2ccc(F)cc2)cc1. The summed E-state index contributed by atoms with van der Waals surface area (Å²) >= 11 is 0. The smallest absolute Gasteiger partial charge is 0.323 e. The van der Waals surface area contributed by atoms with Crippen LogP contribution in [-0.2, 0) is 22.6 Å². The molecule has 0 unspecified atom stereocenters. The standard InChI is InChI=1S/C19H20FNO3/c1-14-2-4-15(5-3-14)8-11-18(22)21(13-19(23)24)12-16-6-9-17(20)10-7-16/h2-7,9-10H,8,11-13H2,1H3,(H,23,24). The van der Waals surface area contributed by atoms with Crippen molar-refractivity contribution in [2.75, 3.05) is 6.54 Å². The largest absolute Gasteiger partial charge is 0.480 e. The highest BCUT2D eigenvalue weighted by Crippen LogP contribution is 2.11. The van der Waals surface area contributed by atoms with Crippen molar-refractivity contribution in [3.05, 3.63) is 71.0 Å².